The summed E-state index contributed by atoms with van der Waals surface area (Å²) in [6.45, 7) is 9.06. The molecule has 0 bridgehead atoms. The van der Waals surface area contributed by atoms with Crippen molar-refractivity contribution in [1.82, 2.24) is 14.7 Å². The molecule has 8 heteroatoms. The van der Waals surface area contributed by atoms with E-state index in [0.717, 1.165) is 16.9 Å². The minimum Gasteiger partial charge on any atom is -0.438 e. The quantitative estimate of drug-likeness (QED) is 0.323. The molecule has 7 nitrogen and oxygen atoms in total. The summed E-state index contributed by atoms with van der Waals surface area (Å²) < 4.78 is 33.0. The van der Waals surface area contributed by atoms with Gasteiger partial charge in [-0.15, -0.1) is 0 Å². The Morgan fingerprint density at radius 3 is 2.53 bits per heavy atom. The minimum absolute atomic E-state index is 0.262. The summed E-state index contributed by atoms with van der Waals surface area (Å²) in [5, 5.41) is 15.5. The highest BCUT2D eigenvalue weighted by atomic mass is 19.1. The van der Waals surface area contributed by atoms with Crippen LogP contribution in [-0.4, -0.2) is 65.9 Å². The van der Waals surface area contributed by atoms with Gasteiger partial charge < -0.3 is 19.3 Å². The molecule has 0 fully saturated rings. The molecule has 3 aromatic rings. The first-order valence-corrected chi connectivity index (χ1v) is 12.5. The molecule has 0 unspecified atom stereocenters. The van der Waals surface area contributed by atoms with Crippen LogP contribution in [0, 0.1) is 11.7 Å². The van der Waals surface area contributed by atoms with E-state index in [9.17, 15) is 9.50 Å². The van der Waals surface area contributed by atoms with Crippen molar-refractivity contribution in [2.24, 2.45) is 5.92 Å². The number of hydrogen-bond acceptors (Lipinski definition) is 6. The maximum Gasteiger partial charge on any atom is 0.227 e. The predicted octanol–water partition coefficient (Wildman–Crippen LogP) is 4.85. The number of nitrogens with zero attached hydrogens (tertiary/aromatic N) is 3. The summed E-state index contributed by atoms with van der Waals surface area (Å²) in [7, 11) is 1.66. The van der Waals surface area contributed by atoms with E-state index in [1.54, 1.807) is 23.9 Å². The Morgan fingerprint density at radius 2 is 1.86 bits per heavy atom. The molecule has 0 aliphatic rings. The lowest BCUT2D eigenvalue weighted by molar-refractivity contribution is 0.00323. The van der Waals surface area contributed by atoms with Crippen LogP contribution in [0.15, 0.2) is 54.6 Å². The van der Waals surface area contributed by atoms with Crippen LogP contribution in [0.4, 0.5) is 4.39 Å². The van der Waals surface area contributed by atoms with Crippen molar-refractivity contribution in [3.8, 4) is 17.3 Å². The number of rotatable bonds is 15. The molecule has 0 spiro atoms. The van der Waals surface area contributed by atoms with Gasteiger partial charge in [-0.25, -0.2) is 9.07 Å². The Bertz CT molecular complexity index is 1060. The zero-order valence-electron chi connectivity index (χ0n) is 21.7. The maximum absolute atomic E-state index is 13.9. The highest BCUT2D eigenvalue weighted by Crippen LogP contribution is 2.32. The molecule has 0 aliphatic heterocycles. The molecule has 1 heterocycles. The number of para-hydroxylation sites is 1. The number of halogens is 1. The van der Waals surface area contributed by atoms with Gasteiger partial charge in [0.15, 0.2) is 0 Å². The first kappa shape index (κ1) is 27.8. The SMILES string of the molecule is CCc1nn(-c2ccccc2)c(Oc2cccc(F)c2)c1CN(CCOC)C[C@H](O)COCC(C)C. The lowest BCUT2D eigenvalue weighted by Crippen LogP contribution is -2.37. The summed E-state index contributed by atoms with van der Waals surface area (Å²) >= 11 is 0. The van der Waals surface area contributed by atoms with E-state index >= 15 is 0 Å². The highest BCUT2D eigenvalue weighted by molar-refractivity contribution is 5.43. The molecular formula is C28H38FN3O4. The molecule has 0 aliphatic carbocycles. The van der Waals surface area contributed by atoms with Crippen LogP contribution in [0.5, 0.6) is 11.6 Å². The van der Waals surface area contributed by atoms with Gasteiger partial charge in [0.05, 0.1) is 36.3 Å². The zero-order chi connectivity index (χ0) is 25.9. The number of hydrogen-bond donors (Lipinski definition) is 1. The normalized spacial score (nSPS) is 12.4. The summed E-state index contributed by atoms with van der Waals surface area (Å²) in [4.78, 5) is 2.11. The summed E-state index contributed by atoms with van der Waals surface area (Å²) in [6, 6.07) is 15.8. The van der Waals surface area contributed by atoms with E-state index in [1.807, 2.05) is 37.3 Å². The Morgan fingerprint density at radius 1 is 1.08 bits per heavy atom. The van der Waals surface area contributed by atoms with E-state index in [1.165, 1.54) is 12.1 Å². The second kappa shape index (κ2) is 14.1. The number of ether oxygens (including phenoxy) is 3. The standard InChI is InChI=1S/C28H38FN3O4/c1-5-27-26(18-31(14-15-34-4)17-24(33)20-35-19-21(2)3)28(36-25-13-9-10-22(29)16-25)32(30-27)23-11-7-6-8-12-23/h6-13,16,21,24,33H,5,14-15,17-20H2,1-4H3/t24-/m0/s1. The number of aliphatic hydroxyl groups is 1. The van der Waals surface area contributed by atoms with Gasteiger partial charge >= 0.3 is 0 Å². The smallest absolute Gasteiger partial charge is 0.227 e. The number of methoxy groups -OCH3 is 1. The third-order valence-electron chi connectivity index (χ3n) is 5.59. The Hall–Kier alpha value is -2.78. The van der Waals surface area contributed by atoms with Gasteiger partial charge in [-0.1, -0.05) is 45.0 Å². The van der Waals surface area contributed by atoms with Crippen LogP contribution in [0.3, 0.4) is 0 Å². The topological polar surface area (TPSA) is 69.0 Å². The van der Waals surface area contributed by atoms with Crippen LogP contribution in [0.25, 0.3) is 5.69 Å². The van der Waals surface area contributed by atoms with Gasteiger partial charge in [-0.05, 0) is 36.6 Å². The van der Waals surface area contributed by atoms with Crippen LogP contribution >= 0.6 is 0 Å². The Balaban J connectivity index is 1.93. The van der Waals surface area contributed by atoms with Crippen molar-refractivity contribution in [1.29, 1.82) is 0 Å². The summed E-state index contributed by atoms with van der Waals surface area (Å²) in [6.07, 6.45) is 0.0368. The van der Waals surface area contributed by atoms with Gasteiger partial charge in [0.25, 0.3) is 0 Å². The van der Waals surface area contributed by atoms with Gasteiger partial charge in [0.1, 0.15) is 11.6 Å². The molecule has 0 saturated heterocycles. The van der Waals surface area contributed by atoms with Crippen molar-refractivity contribution in [3.05, 3.63) is 71.7 Å². The number of aryl methyl sites for hydroxylation is 1. The fraction of sp³-hybridized carbons (Fsp3) is 0.464. The van der Waals surface area contributed by atoms with Crippen LogP contribution in [0.1, 0.15) is 32.0 Å². The lowest BCUT2D eigenvalue weighted by atomic mass is 10.1. The van der Waals surface area contributed by atoms with Gasteiger partial charge in [-0.2, -0.15) is 5.10 Å². The average molecular weight is 500 g/mol. The monoisotopic (exact) mass is 499 g/mol. The van der Waals surface area contributed by atoms with Crippen LogP contribution in [0.2, 0.25) is 0 Å². The fourth-order valence-corrected chi connectivity index (χ4v) is 3.88. The van der Waals surface area contributed by atoms with Crippen molar-refractivity contribution in [2.75, 3.05) is 40.0 Å². The molecule has 0 amide bonds. The highest BCUT2D eigenvalue weighted by Gasteiger charge is 2.24. The molecule has 0 radical (unpaired) electrons. The Labute approximate surface area is 213 Å². The summed E-state index contributed by atoms with van der Waals surface area (Å²) in [5.74, 6) is 0.945. The van der Waals surface area contributed by atoms with Crippen molar-refractivity contribution in [2.45, 2.75) is 39.8 Å². The first-order chi connectivity index (χ1) is 17.4. The van der Waals surface area contributed by atoms with Crippen LogP contribution < -0.4 is 4.74 Å². The Kier molecular flexibility index (Phi) is 10.9. The molecule has 3 rings (SSSR count). The van der Waals surface area contributed by atoms with E-state index in [2.05, 4.69) is 18.7 Å². The van der Waals surface area contributed by atoms with Crippen molar-refractivity contribution < 1.29 is 23.7 Å². The molecule has 1 atom stereocenters. The third kappa shape index (κ3) is 8.13. The number of aromatic nitrogens is 2. The number of benzene rings is 2. The molecule has 0 saturated carbocycles. The number of aliphatic hydroxyl groups excluding tert-OH is 1. The average Bonchev–Trinajstić information content (AvgIpc) is 3.19. The van der Waals surface area contributed by atoms with E-state index < -0.39 is 6.10 Å². The van der Waals surface area contributed by atoms with E-state index in [-0.39, 0.29) is 12.4 Å². The van der Waals surface area contributed by atoms with Crippen molar-refractivity contribution >= 4 is 0 Å². The predicted molar refractivity (Wildman–Crippen MR) is 138 cm³/mol. The molecule has 1 N–H and O–H groups in total. The zero-order valence-corrected chi connectivity index (χ0v) is 21.7. The van der Waals surface area contributed by atoms with Gasteiger partial charge in [-0.3, -0.25) is 4.90 Å². The lowest BCUT2D eigenvalue weighted by Gasteiger charge is -2.25. The molecule has 196 valence electrons. The molecule has 1 aromatic heterocycles. The summed E-state index contributed by atoms with van der Waals surface area (Å²) in [5.41, 5.74) is 2.60. The van der Waals surface area contributed by atoms with Gasteiger partial charge in [0, 0.05) is 39.4 Å². The molecule has 36 heavy (non-hydrogen) atoms. The van der Waals surface area contributed by atoms with Crippen molar-refractivity contribution in [3.63, 3.8) is 0 Å². The second-order valence-electron chi connectivity index (χ2n) is 9.20. The molecular weight excluding hydrogens is 461 g/mol. The molecule has 2 aromatic carbocycles. The fourth-order valence-electron chi connectivity index (χ4n) is 3.88. The maximum atomic E-state index is 13.9. The first-order valence-electron chi connectivity index (χ1n) is 12.5. The van der Waals surface area contributed by atoms with Gasteiger partial charge in [0.2, 0.25) is 5.88 Å². The minimum atomic E-state index is -0.651. The largest absolute Gasteiger partial charge is 0.438 e. The van der Waals surface area contributed by atoms with E-state index in [4.69, 9.17) is 19.3 Å². The second-order valence-corrected chi connectivity index (χ2v) is 9.20. The third-order valence-corrected chi connectivity index (χ3v) is 5.59. The van der Waals surface area contributed by atoms with Crippen LogP contribution in [-0.2, 0) is 22.4 Å². The van der Waals surface area contributed by atoms with E-state index in [0.29, 0.717) is 56.8 Å².